The minimum Gasteiger partial charge on any atom is -0.352 e. The Balaban J connectivity index is 1.51. The van der Waals surface area contributed by atoms with E-state index in [1.165, 1.54) is 4.90 Å². The summed E-state index contributed by atoms with van der Waals surface area (Å²) in [4.78, 5) is 18.6. The predicted octanol–water partition coefficient (Wildman–Crippen LogP) is 5.90. The molecule has 0 unspecified atom stereocenters. The van der Waals surface area contributed by atoms with Gasteiger partial charge in [0.1, 0.15) is 0 Å². The van der Waals surface area contributed by atoms with Crippen LogP contribution in [0, 0.1) is 0 Å². The fourth-order valence-corrected chi connectivity index (χ4v) is 4.61. The number of amides is 1. The lowest BCUT2D eigenvalue weighted by Gasteiger charge is -2.08. The molecule has 29 heavy (non-hydrogen) atoms. The van der Waals surface area contributed by atoms with E-state index in [0.29, 0.717) is 13.0 Å². The molecule has 1 heterocycles. The van der Waals surface area contributed by atoms with Gasteiger partial charge in [-0.2, -0.15) is 0 Å². The maximum absolute atomic E-state index is 12.7. The first-order valence-electron chi connectivity index (χ1n) is 9.45. The molecule has 146 valence electrons. The van der Waals surface area contributed by atoms with Crippen molar-refractivity contribution in [3.8, 4) is 0 Å². The van der Waals surface area contributed by atoms with Crippen molar-refractivity contribution in [1.29, 1.82) is 0 Å². The van der Waals surface area contributed by atoms with Gasteiger partial charge in [0.2, 0.25) is 5.91 Å². The summed E-state index contributed by atoms with van der Waals surface area (Å²) >= 11 is 3.38. The van der Waals surface area contributed by atoms with Crippen LogP contribution in [0.3, 0.4) is 0 Å². The number of carbonyl (C=O) groups is 1. The number of benzene rings is 3. The molecule has 1 aromatic heterocycles. The molecule has 0 aliphatic carbocycles. The van der Waals surface area contributed by atoms with E-state index in [0.717, 1.165) is 32.0 Å². The van der Waals surface area contributed by atoms with Crippen LogP contribution in [-0.4, -0.2) is 17.1 Å². The molecule has 0 aliphatic heterocycles. The van der Waals surface area contributed by atoms with Crippen molar-refractivity contribution in [2.24, 2.45) is 0 Å². The summed E-state index contributed by atoms with van der Waals surface area (Å²) < 4.78 is 0. The van der Waals surface area contributed by atoms with Crippen molar-refractivity contribution in [1.82, 2.24) is 10.3 Å². The van der Waals surface area contributed by atoms with Crippen LogP contribution in [0.4, 0.5) is 0 Å². The van der Waals surface area contributed by atoms with E-state index in [1.807, 2.05) is 30.3 Å². The maximum atomic E-state index is 12.7. The zero-order chi connectivity index (χ0) is 20.1. The van der Waals surface area contributed by atoms with E-state index < -0.39 is 0 Å². The van der Waals surface area contributed by atoms with Gasteiger partial charge in [-0.05, 0) is 42.2 Å². The van der Waals surface area contributed by atoms with Crippen LogP contribution >= 0.6 is 23.5 Å². The minimum atomic E-state index is 0.0265. The Labute approximate surface area is 179 Å². The lowest BCUT2D eigenvalue weighted by atomic mass is 10.1. The Morgan fingerprint density at radius 2 is 1.62 bits per heavy atom. The second-order valence-electron chi connectivity index (χ2n) is 6.69. The average Bonchev–Trinajstić information content (AvgIpc) is 3.10. The third-order valence-electron chi connectivity index (χ3n) is 4.72. The van der Waals surface area contributed by atoms with Crippen molar-refractivity contribution in [3.63, 3.8) is 0 Å². The van der Waals surface area contributed by atoms with Crippen molar-refractivity contribution < 1.29 is 4.79 Å². The van der Waals surface area contributed by atoms with Gasteiger partial charge in [0.25, 0.3) is 0 Å². The van der Waals surface area contributed by atoms with Gasteiger partial charge in [-0.1, -0.05) is 60.3 Å². The largest absolute Gasteiger partial charge is 0.352 e. The minimum absolute atomic E-state index is 0.0265. The third kappa shape index (κ3) is 4.86. The van der Waals surface area contributed by atoms with Gasteiger partial charge in [-0.15, -0.1) is 11.8 Å². The molecular weight excluding hydrogens is 396 g/mol. The van der Waals surface area contributed by atoms with Crippen LogP contribution in [0.15, 0.2) is 93.7 Å². The Hall–Kier alpha value is -2.63. The lowest BCUT2D eigenvalue weighted by molar-refractivity contribution is -0.120. The number of aromatic nitrogens is 1. The molecule has 4 rings (SSSR count). The van der Waals surface area contributed by atoms with Crippen LogP contribution in [-0.2, 0) is 17.8 Å². The number of carbonyl (C=O) groups excluding carboxylic acids is 1. The zero-order valence-corrected chi connectivity index (χ0v) is 17.8. The Morgan fingerprint density at radius 3 is 2.38 bits per heavy atom. The lowest BCUT2D eigenvalue weighted by Crippen LogP contribution is -2.24. The second-order valence-corrected chi connectivity index (χ2v) is 8.66. The van der Waals surface area contributed by atoms with E-state index in [4.69, 9.17) is 0 Å². The number of nitrogens with one attached hydrogen (secondary N) is 2. The van der Waals surface area contributed by atoms with Crippen LogP contribution in [0.5, 0.6) is 0 Å². The Morgan fingerprint density at radius 1 is 0.897 bits per heavy atom. The molecule has 0 atom stereocenters. The Kier molecular flexibility index (Phi) is 6.27. The van der Waals surface area contributed by atoms with Crippen molar-refractivity contribution in [3.05, 3.63) is 90.0 Å². The molecule has 0 spiro atoms. The van der Waals surface area contributed by atoms with Crippen molar-refractivity contribution in [2.45, 2.75) is 27.8 Å². The smallest absolute Gasteiger partial charge is 0.224 e. The van der Waals surface area contributed by atoms with Crippen LogP contribution in [0.1, 0.15) is 11.1 Å². The van der Waals surface area contributed by atoms with Gasteiger partial charge in [-0.3, -0.25) is 4.79 Å². The van der Waals surface area contributed by atoms with Crippen LogP contribution in [0.2, 0.25) is 0 Å². The first kappa shape index (κ1) is 19.7. The molecule has 0 fully saturated rings. The standard InChI is InChI=1S/C24H22N2OS2/c1-28-18-13-11-17(12-14-18)16-25-23(27)15-21-20-9-5-6-10-22(20)26-24(21)29-19-7-3-2-4-8-19/h2-14,26H,15-16H2,1H3,(H,25,27). The zero-order valence-electron chi connectivity index (χ0n) is 16.1. The molecule has 5 heteroatoms. The highest BCUT2D eigenvalue weighted by molar-refractivity contribution is 7.99. The van der Waals surface area contributed by atoms with Gasteiger partial charge in [0.15, 0.2) is 0 Å². The van der Waals surface area contributed by atoms with E-state index in [-0.39, 0.29) is 5.91 Å². The van der Waals surface area contributed by atoms with E-state index in [1.54, 1.807) is 23.5 Å². The molecular formula is C24H22N2OS2. The summed E-state index contributed by atoms with van der Waals surface area (Å²) in [7, 11) is 0. The van der Waals surface area contributed by atoms with Crippen LogP contribution in [0.25, 0.3) is 10.9 Å². The highest BCUT2D eigenvalue weighted by Gasteiger charge is 2.15. The highest BCUT2D eigenvalue weighted by atomic mass is 32.2. The molecule has 0 saturated carbocycles. The SMILES string of the molecule is CSc1ccc(CNC(=O)Cc2c(Sc3ccccc3)[nH]c3ccccc23)cc1. The topological polar surface area (TPSA) is 44.9 Å². The van der Waals surface area contributed by atoms with Gasteiger partial charge < -0.3 is 10.3 Å². The predicted molar refractivity (Wildman–Crippen MR) is 123 cm³/mol. The first-order valence-corrected chi connectivity index (χ1v) is 11.5. The Bertz CT molecular complexity index is 1100. The molecule has 0 bridgehead atoms. The molecule has 3 aromatic carbocycles. The number of rotatable bonds is 7. The number of thioether (sulfide) groups is 1. The van der Waals surface area contributed by atoms with E-state index >= 15 is 0 Å². The first-order chi connectivity index (χ1) is 14.2. The molecule has 0 aliphatic rings. The third-order valence-corrected chi connectivity index (χ3v) is 6.53. The van der Waals surface area contributed by atoms with Crippen molar-refractivity contribution in [2.75, 3.05) is 6.26 Å². The van der Waals surface area contributed by atoms with Gasteiger partial charge >= 0.3 is 0 Å². The van der Waals surface area contributed by atoms with Gasteiger partial charge in [0, 0.05) is 32.8 Å². The molecule has 0 radical (unpaired) electrons. The quantitative estimate of drug-likeness (QED) is 0.367. The maximum Gasteiger partial charge on any atom is 0.224 e. The van der Waals surface area contributed by atoms with Crippen molar-refractivity contribution >= 4 is 40.3 Å². The molecule has 1 amide bonds. The molecule has 4 aromatic rings. The summed E-state index contributed by atoms with van der Waals surface area (Å²) in [6.45, 7) is 0.539. The fourth-order valence-electron chi connectivity index (χ4n) is 3.21. The van der Waals surface area contributed by atoms with E-state index in [9.17, 15) is 4.79 Å². The number of aromatic amines is 1. The molecule has 3 nitrogen and oxygen atoms in total. The summed E-state index contributed by atoms with van der Waals surface area (Å²) in [6, 6.07) is 26.7. The molecule has 2 N–H and O–H groups in total. The van der Waals surface area contributed by atoms with Gasteiger partial charge in [-0.25, -0.2) is 0 Å². The highest BCUT2D eigenvalue weighted by Crippen LogP contribution is 2.34. The number of hydrogen-bond donors (Lipinski definition) is 2. The van der Waals surface area contributed by atoms with Gasteiger partial charge in [0.05, 0.1) is 11.4 Å². The fraction of sp³-hybridized carbons (Fsp3) is 0.125. The number of hydrogen-bond acceptors (Lipinski definition) is 3. The summed E-state index contributed by atoms with van der Waals surface area (Å²) in [5, 5.41) is 5.19. The normalized spacial score (nSPS) is 10.9. The summed E-state index contributed by atoms with van der Waals surface area (Å²) in [5.41, 5.74) is 3.21. The van der Waals surface area contributed by atoms with E-state index in [2.05, 4.69) is 65.1 Å². The summed E-state index contributed by atoms with van der Waals surface area (Å²) in [6.07, 6.45) is 2.41. The number of fused-ring (bicyclic) bond motifs is 1. The number of H-pyrrole nitrogens is 1. The number of para-hydroxylation sites is 1. The summed E-state index contributed by atoms with van der Waals surface area (Å²) in [5.74, 6) is 0.0265. The van der Waals surface area contributed by atoms with Crippen LogP contribution < -0.4 is 5.32 Å². The average molecular weight is 419 g/mol. The molecule has 0 saturated heterocycles. The monoisotopic (exact) mass is 418 g/mol. The second kappa shape index (κ2) is 9.25.